The Morgan fingerprint density at radius 3 is 2.37 bits per heavy atom. The summed E-state index contributed by atoms with van der Waals surface area (Å²) in [5, 5.41) is 0.738. The minimum Gasteiger partial charge on any atom is -0.271 e. The van der Waals surface area contributed by atoms with Gasteiger partial charge in [-0.2, -0.15) is 0 Å². The largest absolute Gasteiger partial charge is 0.271 e. The maximum Gasteiger partial charge on any atom is 0.123 e. The maximum absolute atomic E-state index is 12.8. The van der Waals surface area contributed by atoms with E-state index in [4.69, 9.17) is 17.4 Å². The zero-order chi connectivity index (χ0) is 13.7. The van der Waals surface area contributed by atoms with Crippen LogP contribution in [0.3, 0.4) is 0 Å². The maximum atomic E-state index is 12.8. The van der Waals surface area contributed by atoms with Gasteiger partial charge >= 0.3 is 0 Å². The van der Waals surface area contributed by atoms with Gasteiger partial charge in [0.1, 0.15) is 5.82 Å². The van der Waals surface area contributed by atoms with Crippen LogP contribution in [-0.2, 0) is 12.8 Å². The van der Waals surface area contributed by atoms with E-state index >= 15 is 0 Å². The van der Waals surface area contributed by atoms with Gasteiger partial charge in [0.05, 0.1) is 0 Å². The molecule has 0 aliphatic heterocycles. The van der Waals surface area contributed by atoms with E-state index in [1.807, 2.05) is 24.3 Å². The summed E-state index contributed by atoms with van der Waals surface area (Å²) in [5.41, 5.74) is 4.88. The van der Waals surface area contributed by atoms with Crippen molar-refractivity contribution in [2.75, 3.05) is 0 Å². The molecule has 3 N–H and O–H groups in total. The summed E-state index contributed by atoms with van der Waals surface area (Å²) >= 11 is 6.13. The second kappa shape index (κ2) is 6.66. The summed E-state index contributed by atoms with van der Waals surface area (Å²) in [5.74, 6) is 5.35. The third kappa shape index (κ3) is 4.03. The Bertz CT molecular complexity index is 528. The Kier molecular flexibility index (Phi) is 4.91. The second-order valence-corrected chi connectivity index (χ2v) is 4.90. The van der Waals surface area contributed by atoms with Crippen molar-refractivity contribution in [1.82, 2.24) is 5.43 Å². The quantitative estimate of drug-likeness (QED) is 0.651. The Morgan fingerprint density at radius 2 is 1.74 bits per heavy atom. The normalized spacial score (nSPS) is 12.4. The van der Waals surface area contributed by atoms with Crippen molar-refractivity contribution in [3.63, 3.8) is 0 Å². The molecule has 2 rings (SSSR count). The van der Waals surface area contributed by atoms with Gasteiger partial charge in [0.2, 0.25) is 0 Å². The van der Waals surface area contributed by atoms with Crippen LogP contribution < -0.4 is 11.3 Å². The van der Waals surface area contributed by atoms with E-state index in [0.717, 1.165) is 29.0 Å². The van der Waals surface area contributed by atoms with Crippen molar-refractivity contribution in [1.29, 1.82) is 0 Å². The molecule has 0 aliphatic carbocycles. The molecule has 0 aromatic heterocycles. The molecule has 0 spiro atoms. The van der Waals surface area contributed by atoms with Gasteiger partial charge in [-0.3, -0.25) is 11.3 Å². The van der Waals surface area contributed by atoms with E-state index in [9.17, 15) is 4.39 Å². The number of hydrogen-bond donors (Lipinski definition) is 2. The predicted molar refractivity (Wildman–Crippen MR) is 76.4 cm³/mol. The van der Waals surface area contributed by atoms with Crippen molar-refractivity contribution >= 4 is 11.6 Å². The van der Waals surface area contributed by atoms with Gasteiger partial charge in [0, 0.05) is 11.1 Å². The topological polar surface area (TPSA) is 38.0 Å². The summed E-state index contributed by atoms with van der Waals surface area (Å²) < 4.78 is 12.8. The van der Waals surface area contributed by atoms with E-state index in [2.05, 4.69) is 5.43 Å². The smallest absolute Gasteiger partial charge is 0.123 e. The third-order valence-corrected chi connectivity index (χ3v) is 3.42. The summed E-state index contributed by atoms with van der Waals surface area (Å²) in [4.78, 5) is 0. The molecule has 0 saturated carbocycles. The van der Waals surface area contributed by atoms with Gasteiger partial charge in [0.15, 0.2) is 0 Å². The van der Waals surface area contributed by atoms with Crippen LogP contribution in [0.25, 0.3) is 0 Å². The van der Waals surface area contributed by atoms with Crippen LogP contribution in [0.5, 0.6) is 0 Å². The molecule has 0 saturated heterocycles. The third-order valence-electron chi connectivity index (χ3n) is 3.06. The van der Waals surface area contributed by atoms with Crippen LogP contribution in [0, 0.1) is 5.82 Å². The van der Waals surface area contributed by atoms with E-state index < -0.39 is 0 Å². The minimum absolute atomic E-state index is 0.0605. The fourth-order valence-electron chi connectivity index (χ4n) is 2.02. The Labute approximate surface area is 117 Å². The minimum atomic E-state index is -0.230. The lowest BCUT2D eigenvalue weighted by atomic mass is 9.99. The molecule has 0 aliphatic rings. The molecule has 2 aromatic carbocycles. The van der Waals surface area contributed by atoms with E-state index in [-0.39, 0.29) is 11.9 Å². The highest BCUT2D eigenvalue weighted by molar-refractivity contribution is 6.31. The molecule has 4 heteroatoms. The molecule has 1 atom stereocenters. The Morgan fingerprint density at radius 1 is 1.05 bits per heavy atom. The Balaban J connectivity index is 2.05. The average molecular weight is 279 g/mol. The summed E-state index contributed by atoms with van der Waals surface area (Å²) in [7, 11) is 0. The average Bonchev–Trinajstić information content (AvgIpc) is 2.43. The standard InChI is InChI=1S/C15H16ClFN2/c16-15-4-2-1-3-12(15)10-14(19-18)9-11-5-7-13(17)8-6-11/h1-8,14,19H,9-10,18H2. The summed E-state index contributed by atoms with van der Waals surface area (Å²) in [6, 6.07) is 14.2. The van der Waals surface area contributed by atoms with Gasteiger partial charge in [-0.25, -0.2) is 4.39 Å². The first-order valence-electron chi connectivity index (χ1n) is 6.13. The van der Waals surface area contributed by atoms with Crippen molar-refractivity contribution < 1.29 is 4.39 Å². The van der Waals surface area contributed by atoms with Crippen LogP contribution in [-0.4, -0.2) is 6.04 Å². The summed E-state index contributed by atoms with van der Waals surface area (Å²) in [6.45, 7) is 0. The molecular weight excluding hydrogens is 263 g/mol. The Hall–Kier alpha value is -1.42. The van der Waals surface area contributed by atoms with Crippen molar-refractivity contribution in [3.8, 4) is 0 Å². The summed E-state index contributed by atoms with van der Waals surface area (Å²) in [6.07, 6.45) is 1.45. The molecule has 0 heterocycles. The molecule has 2 nitrogen and oxygen atoms in total. The SMILES string of the molecule is NNC(Cc1ccc(F)cc1)Cc1ccccc1Cl. The van der Waals surface area contributed by atoms with Crippen LogP contribution >= 0.6 is 11.6 Å². The molecule has 19 heavy (non-hydrogen) atoms. The zero-order valence-corrected chi connectivity index (χ0v) is 11.2. The first-order valence-corrected chi connectivity index (χ1v) is 6.51. The van der Waals surface area contributed by atoms with Crippen LogP contribution in [0.4, 0.5) is 4.39 Å². The van der Waals surface area contributed by atoms with E-state index in [0.29, 0.717) is 0 Å². The molecule has 100 valence electrons. The van der Waals surface area contributed by atoms with E-state index in [1.165, 1.54) is 12.1 Å². The molecule has 0 bridgehead atoms. The lowest BCUT2D eigenvalue weighted by molar-refractivity contribution is 0.522. The number of nitrogens with one attached hydrogen (secondary N) is 1. The van der Waals surface area contributed by atoms with Crippen LogP contribution in [0.2, 0.25) is 5.02 Å². The van der Waals surface area contributed by atoms with Crippen LogP contribution in [0.15, 0.2) is 48.5 Å². The lowest BCUT2D eigenvalue weighted by Crippen LogP contribution is -2.38. The number of benzene rings is 2. The first-order chi connectivity index (χ1) is 9.19. The number of hydrazine groups is 1. The van der Waals surface area contributed by atoms with Crippen molar-refractivity contribution in [2.24, 2.45) is 5.84 Å². The molecular formula is C15H16ClFN2. The van der Waals surface area contributed by atoms with Gasteiger partial charge in [-0.1, -0.05) is 41.9 Å². The van der Waals surface area contributed by atoms with E-state index in [1.54, 1.807) is 12.1 Å². The number of hydrogen-bond acceptors (Lipinski definition) is 2. The van der Waals surface area contributed by atoms with Crippen molar-refractivity contribution in [3.05, 3.63) is 70.5 Å². The molecule has 1 unspecified atom stereocenters. The monoisotopic (exact) mass is 278 g/mol. The van der Waals surface area contributed by atoms with Gasteiger partial charge in [-0.15, -0.1) is 0 Å². The van der Waals surface area contributed by atoms with Gasteiger partial charge in [-0.05, 0) is 42.2 Å². The molecule has 0 radical (unpaired) electrons. The van der Waals surface area contributed by atoms with Gasteiger partial charge in [0.25, 0.3) is 0 Å². The first kappa shape index (κ1) is 14.0. The van der Waals surface area contributed by atoms with Gasteiger partial charge < -0.3 is 0 Å². The fourth-order valence-corrected chi connectivity index (χ4v) is 2.24. The molecule has 2 aromatic rings. The second-order valence-electron chi connectivity index (χ2n) is 4.49. The number of rotatable bonds is 5. The van der Waals surface area contributed by atoms with Crippen molar-refractivity contribution in [2.45, 2.75) is 18.9 Å². The predicted octanol–water partition coefficient (Wildman–Crippen LogP) is 3.10. The zero-order valence-electron chi connectivity index (χ0n) is 10.4. The van der Waals surface area contributed by atoms with Crippen LogP contribution in [0.1, 0.15) is 11.1 Å². The fraction of sp³-hybridized carbons (Fsp3) is 0.200. The lowest BCUT2D eigenvalue weighted by Gasteiger charge is -2.16. The number of halogens is 2. The highest BCUT2D eigenvalue weighted by atomic mass is 35.5. The highest BCUT2D eigenvalue weighted by Gasteiger charge is 2.11. The number of nitrogens with two attached hydrogens (primary N) is 1. The molecule has 0 fully saturated rings. The highest BCUT2D eigenvalue weighted by Crippen LogP contribution is 2.18. The molecule has 0 amide bonds.